The maximum atomic E-state index is 11.1. The van der Waals surface area contributed by atoms with Crippen molar-refractivity contribution < 1.29 is 14.6 Å². The number of carbonyl (C=O) groups excluding carboxylic acids is 1. The maximum absolute atomic E-state index is 11.1. The molecule has 0 atom stereocenters. The van der Waals surface area contributed by atoms with E-state index in [1.165, 1.54) is 26.3 Å². The Morgan fingerprint density at radius 1 is 1.54 bits per heavy atom. The summed E-state index contributed by atoms with van der Waals surface area (Å²) in [6.07, 6.45) is 0. The van der Waals surface area contributed by atoms with Crippen LogP contribution in [0.3, 0.4) is 0 Å². The number of phenolic OH excluding ortho intramolecular Hbond substituents is 1. The molecule has 0 saturated carbocycles. The first kappa shape index (κ1) is 9.38. The van der Waals surface area contributed by atoms with Crippen LogP contribution in [0.25, 0.3) is 0 Å². The second-order valence-electron chi connectivity index (χ2n) is 2.46. The number of benzene rings is 1. The van der Waals surface area contributed by atoms with E-state index in [4.69, 9.17) is 4.74 Å². The van der Waals surface area contributed by atoms with Crippen molar-refractivity contribution in [2.24, 2.45) is 0 Å². The highest BCUT2D eigenvalue weighted by Crippen LogP contribution is 2.22. The molecule has 4 nitrogen and oxygen atoms in total. The van der Waals surface area contributed by atoms with Gasteiger partial charge in [0.05, 0.1) is 12.7 Å². The third kappa shape index (κ3) is 1.90. The summed E-state index contributed by atoms with van der Waals surface area (Å²) in [5, 5.41) is 11.8. The van der Waals surface area contributed by atoms with Crippen LogP contribution < -0.4 is 10.1 Å². The molecule has 0 radical (unpaired) electrons. The average Bonchev–Trinajstić information content (AvgIpc) is 2.16. The van der Waals surface area contributed by atoms with Crippen LogP contribution in [0.4, 0.5) is 0 Å². The zero-order chi connectivity index (χ0) is 9.84. The Kier molecular flexibility index (Phi) is 2.74. The van der Waals surface area contributed by atoms with Crippen LogP contribution in [-0.4, -0.2) is 25.2 Å². The van der Waals surface area contributed by atoms with E-state index in [0.717, 1.165) is 0 Å². The summed E-state index contributed by atoms with van der Waals surface area (Å²) in [4.78, 5) is 11.1. The lowest BCUT2D eigenvalue weighted by molar-refractivity contribution is 0.0960. The number of ether oxygens (including phenoxy) is 1. The minimum atomic E-state index is -0.319. The molecular weight excluding hydrogens is 170 g/mol. The van der Waals surface area contributed by atoms with Gasteiger partial charge in [0.25, 0.3) is 5.91 Å². The Bertz CT molecular complexity index is 323. The van der Waals surface area contributed by atoms with Gasteiger partial charge in [-0.25, -0.2) is 0 Å². The van der Waals surface area contributed by atoms with Gasteiger partial charge in [-0.2, -0.15) is 0 Å². The van der Waals surface area contributed by atoms with Gasteiger partial charge < -0.3 is 15.2 Å². The standard InChI is InChI=1S/C9H11NO3/c1-10-9(12)7-4-3-6(13-2)5-8(7)11/h3-5,11H,1-2H3,(H,10,12). The van der Waals surface area contributed by atoms with E-state index in [1.54, 1.807) is 6.07 Å². The molecule has 0 unspecified atom stereocenters. The Hall–Kier alpha value is -1.71. The van der Waals surface area contributed by atoms with Crippen LogP contribution in [0, 0.1) is 0 Å². The zero-order valence-corrected chi connectivity index (χ0v) is 7.50. The Labute approximate surface area is 76.1 Å². The predicted octanol–water partition coefficient (Wildman–Crippen LogP) is 0.760. The molecule has 0 spiro atoms. The predicted molar refractivity (Wildman–Crippen MR) is 48.0 cm³/mol. The van der Waals surface area contributed by atoms with E-state index in [-0.39, 0.29) is 17.2 Å². The summed E-state index contributed by atoms with van der Waals surface area (Å²) in [7, 11) is 3.00. The quantitative estimate of drug-likeness (QED) is 0.708. The van der Waals surface area contributed by atoms with Crippen LogP contribution in [0.15, 0.2) is 18.2 Å². The van der Waals surface area contributed by atoms with E-state index in [9.17, 15) is 9.90 Å². The van der Waals surface area contributed by atoms with Crippen molar-refractivity contribution in [1.29, 1.82) is 0 Å². The summed E-state index contributed by atoms with van der Waals surface area (Å²) in [6, 6.07) is 4.52. The van der Waals surface area contributed by atoms with Gasteiger partial charge in [0.15, 0.2) is 0 Å². The molecular formula is C9H11NO3. The van der Waals surface area contributed by atoms with Crippen molar-refractivity contribution in [3.63, 3.8) is 0 Å². The molecule has 1 rings (SSSR count). The molecule has 1 aromatic rings. The van der Waals surface area contributed by atoms with Crippen molar-refractivity contribution in [2.45, 2.75) is 0 Å². The first-order chi connectivity index (χ1) is 6.19. The average molecular weight is 181 g/mol. The normalized spacial score (nSPS) is 9.38. The zero-order valence-electron chi connectivity index (χ0n) is 7.50. The number of aromatic hydroxyl groups is 1. The molecule has 0 aromatic heterocycles. The summed E-state index contributed by atoms with van der Waals surface area (Å²) in [6.45, 7) is 0. The second-order valence-corrected chi connectivity index (χ2v) is 2.46. The minimum absolute atomic E-state index is 0.0845. The molecule has 1 aromatic carbocycles. The molecule has 0 fully saturated rings. The maximum Gasteiger partial charge on any atom is 0.254 e. The molecule has 0 saturated heterocycles. The van der Waals surface area contributed by atoms with Crippen LogP contribution in [0.2, 0.25) is 0 Å². The Balaban J connectivity index is 3.05. The number of carbonyl (C=O) groups is 1. The van der Waals surface area contributed by atoms with Crippen molar-refractivity contribution in [3.05, 3.63) is 23.8 Å². The molecule has 0 aliphatic heterocycles. The first-order valence-electron chi connectivity index (χ1n) is 3.78. The van der Waals surface area contributed by atoms with Gasteiger partial charge in [-0.1, -0.05) is 0 Å². The van der Waals surface area contributed by atoms with E-state index in [0.29, 0.717) is 5.75 Å². The van der Waals surface area contributed by atoms with Gasteiger partial charge in [0.2, 0.25) is 0 Å². The number of rotatable bonds is 2. The van der Waals surface area contributed by atoms with Crippen molar-refractivity contribution in [2.75, 3.05) is 14.2 Å². The molecule has 1 amide bonds. The lowest BCUT2D eigenvalue weighted by atomic mass is 10.2. The largest absolute Gasteiger partial charge is 0.507 e. The van der Waals surface area contributed by atoms with Gasteiger partial charge in [-0.3, -0.25) is 4.79 Å². The highest BCUT2D eigenvalue weighted by atomic mass is 16.5. The second kappa shape index (κ2) is 3.80. The molecule has 0 aliphatic carbocycles. The van der Waals surface area contributed by atoms with Gasteiger partial charge in [0, 0.05) is 13.1 Å². The Morgan fingerprint density at radius 2 is 2.23 bits per heavy atom. The highest BCUT2D eigenvalue weighted by molar-refractivity contribution is 5.96. The first-order valence-corrected chi connectivity index (χ1v) is 3.78. The fourth-order valence-corrected chi connectivity index (χ4v) is 0.965. The molecule has 0 bridgehead atoms. The molecule has 0 heterocycles. The third-order valence-electron chi connectivity index (χ3n) is 1.68. The number of phenols is 1. The van der Waals surface area contributed by atoms with Crippen molar-refractivity contribution in [3.8, 4) is 11.5 Å². The topological polar surface area (TPSA) is 58.6 Å². The van der Waals surface area contributed by atoms with Gasteiger partial charge in [0.1, 0.15) is 11.5 Å². The summed E-state index contributed by atoms with van der Waals surface area (Å²) in [5.41, 5.74) is 0.239. The van der Waals surface area contributed by atoms with Crippen LogP contribution in [0.1, 0.15) is 10.4 Å². The minimum Gasteiger partial charge on any atom is -0.507 e. The SMILES string of the molecule is CNC(=O)c1ccc(OC)cc1O. The van der Waals surface area contributed by atoms with Crippen LogP contribution in [0.5, 0.6) is 11.5 Å². The number of methoxy groups -OCH3 is 1. The number of amides is 1. The van der Waals surface area contributed by atoms with E-state index in [2.05, 4.69) is 5.32 Å². The molecule has 70 valence electrons. The summed E-state index contributed by atoms with van der Waals surface area (Å²) < 4.78 is 4.87. The molecule has 4 heteroatoms. The monoisotopic (exact) mass is 181 g/mol. The van der Waals surface area contributed by atoms with Gasteiger partial charge in [-0.05, 0) is 12.1 Å². The number of hydrogen-bond acceptors (Lipinski definition) is 3. The third-order valence-corrected chi connectivity index (χ3v) is 1.68. The number of nitrogens with one attached hydrogen (secondary N) is 1. The molecule has 2 N–H and O–H groups in total. The van der Waals surface area contributed by atoms with Gasteiger partial charge >= 0.3 is 0 Å². The fourth-order valence-electron chi connectivity index (χ4n) is 0.965. The van der Waals surface area contributed by atoms with E-state index in [1.807, 2.05) is 0 Å². The van der Waals surface area contributed by atoms with Crippen molar-refractivity contribution in [1.82, 2.24) is 5.32 Å². The highest BCUT2D eigenvalue weighted by Gasteiger charge is 2.09. The van der Waals surface area contributed by atoms with Crippen LogP contribution >= 0.6 is 0 Å². The number of hydrogen-bond donors (Lipinski definition) is 2. The molecule has 0 aliphatic rings. The van der Waals surface area contributed by atoms with E-state index >= 15 is 0 Å². The fraction of sp³-hybridized carbons (Fsp3) is 0.222. The van der Waals surface area contributed by atoms with E-state index < -0.39 is 0 Å². The summed E-state index contributed by atoms with van der Waals surface area (Å²) in [5.74, 6) is 0.115. The molecule has 13 heavy (non-hydrogen) atoms. The smallest absolute Gasteiger partial charge is 0.254 e. The lowest BCUT2D eigenvalue weighted by Crippen LogP contribution is -2.17. The Morgan fingerprint density at radius 3 is 2.69 bits per heavy atom. The van der Waals surface area contributed by atoms with Gasteiger partial charge in [-0.15, -0.1) is 0 Å². The summed E-state index contributed by atoms with van der Waals surface area (Å²) >= 11 is 0. The van der Waals surface area contributed by atoms with Crippen LogP contribution in [-0.2, 0) is 0 Å². The van der Waals surface area contributed by atoms with Crippen molar-refractivity contribution >= 4 is 5.91 Å². The lowest BCUT2D eigenvalue weighted by Gasteiger charge is -2.04.